The van der Waals surface area contributed by atoms with Gasteiger partial charge >= 0.3 is 5.97 Å². The Bertz CT molecular complexity index is 557. The van der Waals surface area contributed by atoms with Crippen molar-refractivity contribution in [2.75, 3.05) is 20.1 Å². The standard InChI is InChI=1S/C17H22N2O2/c1-19-12-11-18-15(19)13-5-7-14(8-6-13)17(16(20)21)9-3-2-4-10-17/h5-8H,2-4,9-12H2,1H3,(H,20,21). The molecule has 0 saturated heterocycles. The average molecular weight is 286 g/mol. The highest BCUT2D eigenvalue weighted by Gasteiger charge is 2.41. The number of likely N-dealkylation sites (N-methyl/N-ethyl adjacent to an activating group) is 1. The van der Waals surface area contributed by atoms with Crippen molar-refractivity contribution >= 4 is 11.8 Å². The molecule has 0 atom stereocenters. The highest BCUT2D eigenvalue weighted by atomic mass is 16.4. The van der Waals surface area contributed by atoms with Crippen LogP contribution in [0.25, 0.3) is 0 Å². The summed E-state index contributed by atoms with van der Waals surface area (Å²) in [5, 5.41) is 9.73. The van der Waals surface area contributed by atoms with Gasteiger partial charge in [-0.25, -0.2) is 0 Å². The summed E-state index contributed by atoms with van der Waals surface area (Å²) in [5.74, 6) is 0.333. The molecule has 1 aromatic carbocycles. The predicted octanol–water partition coefficient (Wildman–Crippen LogP) is 2.67. The number of amidine groups is 1. The van der Waals surface area contributed by atoms with Gasteiger partial charge in [-0.3, -0.25) is 9.79 Å². The lowest BCUT2D eigenvalue weighted by Gasteiger charge is -2.33. The summed E-state index contributed by atoms with van der Waals surface area (Å²) in [6.45, 7) is 1.79. The molecule has 4 heteroatoms. The predicted molar refractivity (Wildman–Crippen MR) is 82.9 cm³/mol. The largest absolute Gasteiger partial charge is 0.481 e. The van der Waals surface area contributed by atoms with Crippen LogP contribution in [-0.2, 0) is 10.2 Å². The zero-order valence-electron chi connectivity index (χ0n) is 12.5. The van der Waals surface area contributed by atoms with Gasteiger partial charge in [-0.05, 0) is 18.4 Å². The van der Waals surface area contributed by atoms with Crippen LogP contribution in [0.3, 0.4) is 0 Å². The molecular weight excluding hydrogens is 264 g/mol. The van der Waals surface area contributed by atoms with E-state index in [1.54, 1.807) is 0 Å². The minimum Gasteiger partial charge on any atom is -0.481 e. The monoisotopic (exact) mass is 286 g/mol. The molecule has 1 saturated carbocycles. The molecule has 1 aromatic rings. The Balaban J connectivity index is 1.90. The van der Waals surface area contributed by atoms with Crippen molar-refractivity contribution < 1.29 is 9.90 Å². The third-order valence-corrected chi connectivity index (χ3v) is 4.87. The fourth-order valence-corrected chi connectivity index (χ4v) is 3.56. The van der Waals surface area contributed by atoms with Crippen LogP contribution in [0.1, 0.15) is 43.2 Å². The number of carboxylic acids is 1. The second kappa shape index (κ2) is 5.51. The molecular formula is C17H22N2O2. The first-order valence-electron chi connectivity index (χ1n) is 7.73. The Kier molecular flexibility index (Phi) is 3.70. The molecule has 21 heavy (non-hydrogen) atoms. The van der Waals surface area contributed by atoms with Crippen molar-refractivity contribution in [3.05, 3.63) is 35.4 Å². The Morgan fingerprint density at radius 1 is 1.19 bits per heavy atom. The molecule has 4 nitrogen and oxygen atoms in total. The second-order valence-electron chi connectivity index (χ2n) is 6.15. The highest BCUT2D eigenvalue weighted by Crippen LogP contribution is 2.39. The van der Waals surface area contributed by atoms with Crippen molar-refractivity contribution in [2.45, 2.75) is 37.5 Å². The van der Waals surface area contributed by atoms with Crippen LogP contribution in [-0.4, -0.2) is 41.9 Å². The summed E-state index contributed by atoms with van der Waals surface area (Å²) in [7, 11) is 2.04. The van der Waals surface area contributed by atoms with Crippen molar-refractivity contribution in [1.29, 1.82) is 0 Å². The van der Waals surface area contributed by atoms with Crippen molar-refractivity contribution in [3.8, 4) is 0 Å². The van der Waals surface area contributed by atoms with Crippen LogP contribution in [0.5, 0.6) is 0 Å². The minimum absolute atomic E-state index is 0.676. The molecule has 0 amide bonds. The molecule has 1 fully saturated rings. The van der Waals surface area contributed by atoms with Crippen LogP contribution in [0.15, 0.2) is 29.3 Å². The fourth-order valence-electron chi connectivity index (χ4n) is 3.56. The lowest BCUT2D eigenvalue weighted by Crippen LogP contribution is -2.37. The maximum Gasteiger partial charge on any atom is 0.314 e. The summed E-state index contributed by atoms with van der Waals surface area (Å²) in [6, 6.07) is 8.03. The third-order valence-electron chi connectivity index (χ3n) is 4.87. The van der Waals surface area contributed by atoms with E-state index in [1.165, 1.54) is 0 Å². The van der Waals surface area contributed by atoms with E-state index in [2.05, 4.69) is 9.89 Å². The molecule has 112 valence electrons. The quantitative estimate of drug-likeness (QED) is 0.929. The van der Waals surface area contributed by atoms with Gasteiger partial charge in [0.1, 0.15) is 5.84 Å². The number of carbonyl (C=O) groups is 1. The van der Waals surface area contributed by atoms with E-state index in [-0.39, 0.29) is 0 Å². The normalized spacial score (nSPS) is 21.2. The van der Waals surface area contributed by atoms with E-state index >= 15 is 0 Å². The number of rotatable bonds is 3. The topological polar surface area (TPSA) is 52.9 Å². The van der Waals surface area contributed by atoms with E-state index in [1.807, 2.05) is 31.3 Å². The van der Waals surface area contributed by atoms with Gasteiger partial charge in [0.2, 0.25) is 0 Å². The number of carboxylic acid groups (broad SMARTS) is 1. The summed E-state index contributed by atoms with van der Waals surface area (Å²) in [5.41, 5.74) is 1.34. The Hall–Kier alpha value is -1.84. The van der Waals surface area contributed by atoms with Gasteiger partial charge in [0, 0.05) is 19.2 Å². The van der Waals surface area contributed by atoms with E-state index in [4.69, 9.17) is 0 Å². The number of aliphatic carboxylic acids is 1. The van der Waals surface area contributed by atoms with Gasteiger partial charge in [0.25, 0.3) is 0 Å². The number of nitrogens with zero attached hydrogens (tertiary/aromatic N) is 2. The van der Waals surface area contributed by atoms with E-state index < -0.39 is 11.4 Å². The lowest BCUT2D eigenvalue weighted by molar-refractivity contribution is -0.145. The maximum absolute atomic E-state index is 11.8. The molecule has 3 rings (SSSR count). The van der Waals surface area contributed by atoms with Crippen LogP contribution in [0.4, 0.5) is 0 Å². The van der Waals surface area contributed by atoms with Crippen LogP contribution < -0.4 is 0 Å². The van der Waals surface area contributed by atoms with Gasteiger partial charge in [0.15, 0.2) is 0 Å². The first kappa shape index (κ1) is 14.1. The minimum atomic E-state index is -0.680. The summed E-state index contributed by atoms with van der Waals surface area (Å²) < 4.78 is 0. The van der Waals surface area contributed by atoms with Crippen LogP contribution >= 0.6 is 0 Å². The van der Waals surface area contributed by atoms with E-state index in [0.29, 0.717) is 0 Å². The smallest absolute Gasteiger partial charge is 0.314 e. The molecule has 1 heterocycles. The Labute approximate surface area is 125 Å². The molecule has 0 bridgehead atoms. The molecule has 2 aliphatic rings. The SMILES string of the molecule is CN1CCN=C1c1ccc(C2(C(=O)O)CCCCC2)cc1. The van der Waals surface area contributed by atoms with Crippen LogP contribution in [0, 0.1) is 0 Å². The second-order valence-corrected chi connectivity index (χ2v) is 6.15. The van der Waals surface area contributed by atoms with Crippen molar-refractivity contribution in [3.63, 3.8) is 0 Å². The summed E-state index contributed by atoms with van der Waals surface area (Å²) >= 11 is 0. The summed E-state index contributed by atoms with van der Waals surface area (Å²) in [4.78, 5) is 18.5. The molecule has 0 radical (unpaired) electrons. The van der Waals surface area contributed by atoms with Gasteiger partial charge in [-0.1, -0.05) is 43.5 Å². The maximum atomic E-state index is 11.8. The molecule has 0 spiro atoms. The van der Waals surface area contributed by atoms with Gasteiger partial charge in [-0.2, -0.15) is 0 Å². The van der Waals surface area contributed by atoms with Crippen molar-refractivity contribution in [2.24, 2.45) is 4.99 Å². The zero-order valence-corrected chi connectivity index (χ0v) is 12.5. The van der Waals surface area contributed by atoms with Crippen molar-refractivity contribution in [1.82, 2.24) is 4.90 Å². The average Bonchev–Trinajstić information content (AvgIpc) is 2.94. The first-order valence-corrected chi connectivity index (χ1v) is 7.73. The molecule has 0 unspecified atom stereocenters. The van der Waals surface area contributed by atoms with Gasteiger partial charge in [-0.15, -0.1) is 0 Å². The number of hydrogen-bond acceptors (Lipinski definition) is 3. The number of hydrogen-bond donors (Lipinski definition) is 1. The van der Waals surface area contributed by atoms with E-state index in [9.17, 15) is 9.90 Å². The highest BCUT2D eigenvalue weighted by molar-refractivity contribution is 5.99. The Morgan fingerprint density at radius 2 is 1.86 bits per heavy atom. The fraction of sp³-hybridized carbons (Fsp3) is 0.529. The summed E-state index contributed by atoms with van der Waals surface area (Å²) in [6.07, 6.45) is 4.66. The van der Waals surface area contributed by atoms with Gasteiger partial charge in [0.05, 0.1) is 12.0 Å². The molecule has 1 N–H and O–H groups in total. The van der Waals surface area contributed by atoms with E-state index in [0.717, 1.165) is 62.2 Å². The molecule has 1 aliphatic carbocycles. The van der Waals surface area contributed by atoms with Crippen LogP contribution in [0.2, 0.25) is 0 Å². The number of aliphatic imine (C=N–C) groups is 1. The Morgan fingerprint density at radius 3 is 2.38 bits per heavy atom. The number of benzene rings is 1. The zero-order chi connectivity index (χ0) is 14.9. The van der Waals surface area contributed by atoms with Gasteiger partial charge < -0.3 is 10.0 Å². The third kappa shape index (κ3) is 2.43. The molecule has 0 aromatic heterocycles. The lowest BCUT2D eigenvalue weighted by atomic mass is 9.69. The molecule has 1 aliphatic heterocycles. The first-order chi connectivity index (χ1) is 10.1.